The number of anilines is 1. The summed E-state index contributed by atoms with van der Waals surface area (Å²) < 4.78 is 5.33. The van der Waals surface area contributed by atoms with Crippen LogP contribution in [0.25, 0.3) is 0 Å². The summed E-state index contributed by atoms with van der Waals surface area (Å²) >= 11 is 0. The topological polar surface area (TPSA) is 113 Å². The molecule has 1 unspecified atom stereocenters. The van der Waals surface area contributed by atoms with Crippen LogP contribution in [0.2, 0.25) is 0 Å². The van der Waals surface area contributed by atoms with Crippen LogP contribution < -0.4 is 5.32 Å². The van der Waals surface area contributed by atoms with Crippen molar-refractivity contribution in [2.45, 2.75) is 57.4 Å². The monoisotopic (exact) mass is 493 g/mol. The van der Waals surface area contributed by atoms with E-state index in [2.05, 4.69) is 5.32 Å². The van der Waals surface area contributed by atoms with Crippen LogP contribution in [0.3, 0.4) is 0 Å². The van der Waals surface area contributed by atoms with Gasteiger partial charge in [0.15, 0.2) is 6.61 Å². The lowest BCUT2D eigenvalue weighted by atomic mass is 9.49. The van der Waals surface area contributed by atoms with Gasteiger partial charge in [-0.05, 0) is 87.3 Å². The summed E-state index contributed by atoms with van der Waals surface area (Å²) in [7, 11) is 1.41. The summed E-state index contributed by atoms with van der Waals surface area (Å²) in [6.45, 7) is 0.0709. The lowest BCUT2D eigenvalue weighted by molar-refractivity contribution is -0.165. The van der Waals surface area contributed by atoms with Gasteiger partial charge in [0.1, 0.15) is 6.04 Å². The molecule has 4 amide bonds. The predicted octanol–water partition coefficient (Wildman–Crippen LogP) is 2.60. The highest BCUT2D eigenvalue weighted by Gasteiger charge is 2.57. The van der Waals surface area contributed by atoms with Crippen molar-refractivity contribution in [3.05, 3.63) is 29.3 Å². The van der Waals surface area contributed by atoms with Gasteiger partial charge < -0.3 is 15.0 Å². The first-order valence-electron chi connectivity index (χ1n) is 13.0. The number of amides is 4. The molecule has 0 radical (unpaired) electrons. The summed E-state index contributed by atoms with van der Waals surface area (Å²) in [5.74, 6) is 0.142. The predicted molar refractivity (Wildman–Crippen MR) is 128 cm³/mol. The van der Waals surface area contributed by atoms with E-state index in [1.165, 1.54) is 44.5 Å². The zero-order valence-electron chi connectivity index (χ0n) is 20.5. The number of hydrogen-bond donors (Lipinski definition) is 1. The van der Waals surface area contributed by atoms with Gasteiger partial charge in [-0.1, -0.05) is 0 Å². The second-order valence-corrected chi connectivity index (χ2v) is 11.4. The summed E-state index contributed by atoms with van der Waals surface area (Å²) in [4.78, 5) is 66.1. The Kier molecular flexibility index (Phi) is 5.42. The highest BCUT2D eigenvalue weighted by Crippen LogP contribution is 2.60. The average Bonchev–Trinajstić information content (AvgIpc) is 3.41. The van der Waals surface area contributed by atoms with Crippen molar-refractivity contribution in [1.82, 2.24) is 9.80 Å². The van der Waals surface area contributed by atoms with Gasteiger partial charge in [-0.3, -0.25) is 24.1 Å². The van der Waals surface area contributed by atoms with Crippen LogP contribution in [-0.4, -0.2) is 65.6 Å². The number of imide groups is 1. The molecule has 7 rings (SSSR count). The first-order chi connectivity index (χ1) is 17.2. The molecule has 6 aliphatic rings. The zero-order chi connectivity index (χ0) is 25.2. The maximum atomic E-state index is 13.7. The number of likely N-dealkylation sites (tertiary alicyclic amines) is 1. The van der Waals surface area contributed by atoms with Crippen molar-refractivity contribution >= 4 is 35.3 Å². The maximum absolute atomic E-state index is 13.7. The fraction of sp³-hybridized carbons (Fsp3) is 0.593. The Morgan fingerprint density at radius 2 is 1.64 bits per heavy atom. The lowest BCUT2D eigenvalue weighted by Gasteiger charge is -2.56. The molecule has 1 saturated heterocycles. The largest absolute Gasteiger partial charge is 0.454 e. The van der Waals surface area contributed by atoms with Gasteiger partial charge in [0.25, 0.3) is 17.7 Å². The van der Waals surface area contributed by atoms with E-state index in [9.17, 15) is 24.0 Å². The molecule has 1 aromatic carbocycles. The van der Waals surface area contributed by atoms with Gasteiger partial charge in [-0.25, -0.2) is 4.79 Å². The van der Waals surface area contributed by atoms with Crippen molar-refractivity contribution in [3.63, 3.8) is 0 Å². The number of ether oxygens (including phenoxy) is 1. The van der Waals surface area contributed by atoms with Gasteiger partial charge in [-0.15, -0.1) is 0 Å². The van der Waals surface area contributed by atoms with E-state index in [-0.39, 0.29) is 28.4 Å². The van der Waals surface area contributed by atoms with Gasteiger partial charge in [0, 0.05) is 19.3 Å². The lowest BCUT2D eigenvalue weighted by Crippen LogP contribution is -2.56. The van der Waals surface area contributed by atoms with Gasteiger partial charge in [0.05, 0.1) is 16.5 Å². The minimum absolute atomic E-state index is 0.118. The summed E-state index contributed by atoms with van der Waals surface area (Å²) in [6, 6.07) is 3.83. The molecule has 1 aromatic rings. The first-order valence-corrected chi connectivity index (χ1v) is 13.0. The van der Waals surface area contributed by atoms with Crippen LogP contribution in [0.1, 0.15) is 72.1 Å². The van der Waals surface area contributed by atoms with Gasteiger partial charge >= 0.3 is 5.97 Å². The van der Waals surface area contributed by atoms with Crippen LogP contribution in [0.15, 0.2) is 18.2 Å². The van der Waals surface area contributed by atoms with Crippen molar-refractivity contribution in [2.75, 3.05) is 25.5 Å². The Morgan fingerprint density at radius 1 is 1.00 bits per heavy atom. The molecule has 9 heteroatoms. The van der Waals surface area contributed by atoms with E-state index in [1.807, 2.05) is 0 Å². The Labute approximate surface area is 209 Å². The highest BCUT2D eigenvalue weighted by molar-refractivity contribution is 6.21. The van der Waals surface area contributed by atoms with Crippen molar-refractivity contribution in [3.8, 4) is 0 Å². The number of fused-ring (bicyclic) bond motifs is 1. The van der Waals surface area contributed by atoms with E-state index in [0.717, 1.165) is 30.6 Å². The third-order valence-electron chi connectivity index (χ3n) is 9.00. The minimum atomic E-state index is -0.641. The van der Waals surface area contributed by atoms with E-state index in [1.54, 1.807) is 4.90 Å². The van der Waals surface area contributed by atoms with Crippen molar-refractivity contribution in [1.29, 1.82) is 0 Å². The molecule has 4 saturated carbocycles. The molecule has 2 heterocycles. The van der Waals surface area contributed by atoms with Gasteiger partial charge in [-0.2, -0.15) is 0 Å². The SMILES string of the molecule is CN1C(=O)c2ccc(NC(=O)COC(=O)C3CCCN3C(=O)C34CC5CC(CC(C5)C3)C4)cc2C1=O. The summed E-state index contributed by atoms with van der Waals surface area (Å²) in [5, 5.41) is 2.61. The molecule has 2 aliphatic heterocycles. The number of carbonyl (C=O) groups is 5. The number of rotatable bonds is 5. The van der Waals surface area contributed by atoms with Crippen LogP contribution in [0.4, 0.5) is 5.69 Å². The Morgan fingerprint density at radius 3 is 2.31 bits per heavy atom. The van der Waals surface area contributed by atoms with Gasteiger partial charge in [0.2, 0.25) is 5.91 Å². The number of nitrogens with zero attached hydrogens (tertiary/aromatic N) is 2. The fourth-order valence-electron chi connectivity index (χ4n) is 7.80. The molecule has 190 valence electrons. The molecule has 4 bridgehead atoms. The third kappa shape index (κ3) is 3.71. The quantitative estimate of drug-likeness (QED) is 0.498. The Balaban J connectivity index is 1.07. The molecule has 1 atom stereocenters. The molecular formula is C27H31N3O6. The normalized spacial score (nSPS) is 32.1. The average molecular weight is 494 g/mol. The molecule has 36 heavy (non-hydrogen) atoms. The zero-order valence-corrected chi connectivity index (χ0v) is 20.5. The summed E-state index contributed by atoms with van der Waals surface area (Å²) in [5.41, 5.74) is 0.542. The second kappa shape index (κ2) is 8.42. The van der Waals surface area contributed by atoms with E-state index >= 15 is 0 Å². The van der Waals surface area contributed by atoms with Crippen molar-refractivity contribution in [2.24, 2.45) is 23.2 Å². The fourth-order valence-corrected chi connectivity index (χ4v) is 7.80. The Bertz CT molecular complexity index is 1140. The van der Waals surface area contributed by atoms with Crippen LogP contribution in [0.5, 0.6) is 0 Å². The highest BCUT2D eigenvalue weighted by atomic mass is 16.5. The molecule has 4 aliphatic carbocycles. The maximum Gasteiger partial charge on any atom is 0.329 e. The van der Waals surface area contributed by atoms with Crippen LogP contribution >= 0.6 is 0 Å². The number of hydrogen-bond acceptors (Lipinski definition) is 6. The molecule has 9 nitrogen and oxygen atoms in total. The van der Waals surface area contributed by atoms with Crippen LogP contribution in [-0.2, 0) is 19.1 Å². The molecule has 0 aromatic heterocycles. The second-order valence-electron chi connectivity index (χ2n) is 11.4. The van der Waals surface area contributed by atoms with E-state index in [4.69, 9.17) is 4.74 Å². The summed E-state index contributed by atoms with van der Waals surface area (Å²) in [6.07, 6.45) is 7.89. The smallest absolute Gasteiger partial charge is 0.329 e. The Hall–Kier alpha value is -3.23. The van der Waals surface area contributed by atoms with Crippen molar-refractivity contribution < 1.29 is 28.7 Å². The molecule has 5 fully saturated rings. The molecular weight excluding hydrogens is 462 g/mol. The minimum Gasteiger partial charge on any atom is -0.454 e. The molecule has 0 spiro atoms. The standard InChI is InChI=1S/C27H31N3O6/c1-29-23(32)19-5-4-18(10-20(19)24(29)33)28-22(31)14-36-25(34)21-3-2-6-30(21)26(35)27-11-15-7-16(12-27)9-17(8-15)13-27/h4-5,10,15-17,21H,2-3,6-9,11-14H2,1H3,(H,28,31). The number of carbonyl (C=O) groups excluding carboxylic acids is 5. The first kappa shape index (κ1) is 23.2. The number of benzene rings is 1. The van der Waals surface area contributed by atoms with Crippen LogP contribution in [0, 0.1) is 23.2 Å². The third-order valence-corrected chi connectivity index (χ3v) is 9.00. The number of nitrogens with one attached hydrogen (secondary N) is 1. The molecule has 1 N–H and O–H groups in total. The number of esters is 1. The van der Waals surface area contributed by atoms with E-state index in [0.29, 0.717) is 36.4 Å². The van der Waals surface area contributed by atoms with E-state index < -0.39 is 30.4 Å².